The van der Waals surface area contributed by atoms with Gasteiger partial charge in [-0.05, 0) is 31.2 Å². The second-order valence-corrected chi connectivity index (χ2v) is 10.0. The van der Waals surface area contributed by atoms with Gasteiger partial charge in [-0.15, -0.1) is 5.10 Å². The minimum Gasteiger partial charge on any atom is -0.391 e. The average Bonchev–Trinajstić information content (AvgIpc) is 3.32. The number of nitrogens with one attached hydrogen (secondary N) is 4. The van der Waals surface area contributed by atoms with E-state index in [9.17, 15) is 24.3 Å². The largest absolute Gasteiger partial charge is 0.391 e. The summed E-state index contributed by atoms with van der Waals surface area (Å²) in [6.45, 7) is 5.67. The molecule has 1 aliphatic rings. The zero-order valence-electron chi connectivity index (χ0n) is 22.0. The Balaban J connectivity index is 1.89. The third-order valence-corrected chi connectivity index (χ3v) is 6.16. The third kappa shape index (κ3) is 8.65. The lowest BCUT2D eigenvalue weighted by Crippen LogP contribution is -2.59. The molecule has 2 bridgehead atoms. The lowest BCUT2D eigenvalue weighted by molar-refractivity contribution is -0.135. The van der Waals surface area contributed by atoms with Gasteiger partial charge in [-0.1, -0.05) is 49.4 Å². The number of fused-ring (bicyclic) bond motifs is 2. The summed E-state index contributed by atoms with van der Waals surface area (Å²) < 4.78 is 1.57. The van der Waals surface area contributed by atoms with E-state index in [1.807, 2.05) is 44.2 Å². The van der Waals surface area contributed by atoms with Gasteiger partial charge in [0.05, 0.1) is 18.8 Å². The molecular weight excluding hydrogens is 490 g/mol. The predicted molar refractivity (Wildman–Crippen MR) is 138 cm³/mol. The van der Waals surface area contributed by atoms with E-state index in [1.165, 1.54) is 6.92 Å². The summed E-state index contributed by atoms with van der Waals surface area (Å²) in [5, 5.41) is 29.1. The third-order valence-electron chi connectivity index (χ3n) is 6.16. The normalized spacial score (nSPS) is 22.9. The van der Waals surface area contributed by atoms with E-state index >= 15 is 0 Å². The van der Waals surface area contributed by atoms with Crippen LogP contribution < -0.4 is 21.3 Å². The second kappa shape index (κ2) is 13.7. The van der Waals surface area contributed by atoms with Gasteiger partial charge >= 0.3 is 0 Å². The average molecular weight is 528 g/mol. The molecule has 3 rings (SSSR count). The highest BCUT2D eigenvalue weighted by atomic mass is 16.3. The van der Waals surface area contributed by atoms with Crippen LogP contribution >= 0.6 is 0 Å². The molecule has 2 aromatic rings. The molecule has 2 heterocycles. The number of amides is 4. The Morgan fingerprint density at radius 1 is 0.974 bits per heavy atom. The fraction of sp³-hybridized carbons (Fsp3) is 0.538. The van der Waals surface area contributed by atoms with Crippen molar-refractivity contribution >= 4 is 23.6 Å². The van der Waals surface area contributed by atoms with E-state index in [0.29, 0.717) is 25.1 Å². The van der Waals surface area contributed by atoms with E-state index in [1.54, 1.807) is 10.9 Å². The number of aromatic nitrogens is 3. The van der Waals surface area contributed by atoms with Crippen molar-refractivity contribution in [2.45, 2.75) is 83.8 Å². The molecule has 4 atom stereocenters. The molecule has 206 valence electrons. The summed E-state index contributed by atoms with van der Waals surface area (Å²) in [6, 6.07) is 6.12. The van der Waals surface area contributed by atoms with E-state index in [4.69, 9.17) is 0 Å². The Morgan fingerprint density at radius 3 is 2.37 bits per heavy atom. The minimum absolute atomic E-state index is 0.0347. The van der Waals surface area contributed by atoms with E-state index < -0.39 is 42.0 Å². The number of aliphatic hydroxyl groups excluding tert-OH is 1. The SMILES string of the molecule is CC(C)C[C@H]1NC(=O)[C@H](Cc2ccccc2)NC(=O)CCCn2cc(nn2)CNC(=O)[C@H]([C@@H](C)O)NC1=O. The summed E-state index contributed by atoms with van der Waals surface area (Å²) in [6.07, 6.45) is 1.61. The molecule has 0 saturated carbocycles. The van der Waals surface area contributed by atoms with E-state index in [-0.39, 0.29) is 31.2 Å². The molecule has 38 heavy (non-hydrogen) atoms. The zero-order valence-corrected chi connectivity index (χ0v) is 22.0. The second-order valence-electron chi connectivity index (χ2n) is 10.0. The quantitative estimate of drug-likeness (QED) is 0.359. The highest BCUT2D eigenvalue weighted by molar-refractivity contribution is 5.94. The van der Waals surface area contributed by atoms with Crippen molar-refractivity contribution in [3.05, 3.63) is 47.8 Å². The molecule has 12 nitrogen and oxygen atoms in total. The van der Waals surface area contributed by atoms with Crippen LogP contribution in [-0.2, 0) is 38.7 Å². The number of aryl methyl sites for hydroxylation is 1. The summed E-state index contributed by atoms with van der Waals surface area (Å²) in [4.78, 5) is 52.2. The van der Waals surface area contributed by atoms with Crippen molar-refractivity contribution < 1.29 is 24.3 Å². The number of nitrogens with zero attached hydrogens (tertiary/aromatic N) is 3. The smallest absolute Gasteiger partial charge is 0.245 e. The van der Waals surface area contributed by atoms with Crippen molar-refractivity contribution in [2.24, 2.45) is 5.92 Å². The first-order chi connectivity index (χ1) is 18.1. The Hall–Kier alpha value is -3.80. The van der Waals surface area contributed by atoms with Crippen molar-refractivity contribution in [1.29, 1.82) is 0 Å². The Bertz CT molecular complexity index is 1100. The van der Waals surface area contributed by atoms with Gasteiger partial charge in [0.15, 0.2) is 0 Å². The monoisotopic (exact) mass is 527 g/mol. The van der Waals surface area contributed by atoms with Gasteiger partial charge in [0.2, 0.25) is 23.6 Å². The number of carbonyl (C=O) groups is 4. The van der Waals surface area contributed by atoms with Crippen LogP contribution in [0.15, 0.2) is 36.5 Å². The fourth-order valence-electron chi connectivity index (χ4n) is 4.18. The summed E-state index contributed by atoms with van der Waals surface area (Å²) in [5.41, 5.74) is 1.34. The molecule has 12 heteroatoms. The Labute approximate surface area is 221 Å². The first-order valence-corrected chi connectivity index (χ1v) is 12.9. The maximum atomic E-state index is 13.4. The predicted octanol–water partition coefficient (Wildman–Crippen LogP) is -0.188. The molecule has 0 fully saturated rings. The number of benzene rings is 1. The van der Waals surface area contributed by atoms with Gasteiger partial charge in [-0.2, -0.15) is 0 Å². The first kappa shape index (κ1) is 28.8. The highest BCUT2D eigenvalue weighted by Gasteiger charge is 2.32. The van der Waals surface area contributed by atoms with Crippen molar-refractivity contribution in [3.8, 4) is 0 Å². The van der Waals surface area contributed by atoms with Crippen molar-refractivity contribution in [1.82, 2.24) is 36.3 Å². The first-order valence-electron chi connectivity index (χ1n) is 12.9. The molecule has 0 radical (unpaired) electrons. The van der Waals surface area contributed by atoms with Crippen LogP contribution in [0, 0.1) is 5.92 Å². The summed E-state index contributed by atoms with van der Waals surface area (Å²) >= 11 is 0. The van der Waals surface area contributed by atoms with Crippen LogP contribution in [0.1, 0.15) is 51.3 Å². The van der Waals surface area contributed by atoms with Crippen LogP contribution in [0.3, 0.4) is 0 Å². The number of hydrogen-bond acceptors (Lipinski definition) is 7. The van der Waals surface area contributed by atoms with Gasteiger partial charge in [-0.3, -0.25) is 23.9 Å². The van der Waals surface area contributed by atoms with Gasteiger partial charge < -0.3 is 26.4 Å². The van der Waals surface area contributed by atoms with Crippen LogP contribution in [0.2, 0.25) is 0 Å². The standard InChI is InChI=1S/C26H37N7O5/c1-16(2)12-20-25(37)30-23(17(3)34)26(38)27-14-19-15-33(32-31-19)11-7-10-22(35)28-21(24(36)29-20)13-18-8-5-4-6-9-18/h4-6,8-9,15-17,20-21,23,34H,7,10-14H2,1-3H3,(H,27,38)(H,28,35)(H,29,36)(H,30,37)/t17-,20-,21+,23+/m1/s1. The maximum Gasteiger partial charge on any atom is 0.245 e. The Morgan fingerprint density at radius 2 is 1.68 bits per heavy atom. The van der Waals surface area contributed by atoms with Gasteiger partial charge in [-0.25, -0.2) is 0 Å². The topological polar surface area (TPSA) is 167 Å². The molecule has 1 aromatic carbocycles. The fourth-order valence-corrected chi connectivity index (χ4v) is 4.18. The number of carbonyl (C=O) groups excluding carboxylic acids is 4. The minimum atomic E-state index is -1.25. The zero-order chi connectivity index (χ0) is 27.7. The van der Waals surface area contributed by atoms with Crippen LogP contribution in [0.25, 0.3) is 0 Å². The highest BCUT2D eigenvalue weighted by Crippen LogP contribution is 2.10. The summed E-state index contributed by atoms with van der Waals surface area (Å²) in [7, 11) is 0. The molecule has 0 aliphatic carbocycles. The van der Waals surface area contributed by atoms with Crippen molar-refractivity contribution in [2.75, 3.05) is 0 Å². The van der Waals surface area contributed by atoms with Crippen LogP contribution in [0.4, 0.5) is 0 Å². The number of rotatable bonds is 5. The van der Waals surface area contributed by atoms with E-state index in [2.05, 4.69) is 31.6 Å². The lowest BCUT2D eigenvalue weighted by Gasteiger charge is -2.27. The maximum absolute atomic E-state index is 13.4. The van der Waals surface area contributed by atoms with Gasteiger partial charge in [0, 0.05) is 19.4 Å². The van der Waals surface area contributed by atoms with Crippen LogP contribution in [-0.4, -0.2) is 68.0 Å². The van der Waals surface area contributed by atoms with Gasteiger partial charge in [0.25, 0.3) is 0 Å². The lowest BCUT2D eigenvalue weighted by atomic mass is 10.00. The molecule has 1 aliphatic heterocycles. The van der Waals surface area contributed by atoms with Crippen molar-refractivity contribution in [3.63, 3.8) is 0 Å². The van der Waals surface area contributed by atoms with Gasteiger partial charge in [0.1, 0.15) is 23.8 Å². The molecule has 0 unspecified atom stereocenters. The van der Waals surface area contributed by atoms with E-state index in [0.717, 1.165) is 5.56 Å². The molecule has 5 N–H and O–H groups in total. The summed E-state index contributed by atoms with van der Waals surface area (Å²) in [5.74, 6) is -1.97. The Kier molecular flexibility index (Phi) is 10.3. The van der Waals surface area contributed by atoms with Crippen LogP contribution in [0.5, 0.6) is 0 Å². The molecule has 0 saturated heterocycles. The number of aliphatic hydroxyl groups is 1. The molecule has 0 spiro atoms. The molecular formula is C26H37N7O5. The molecule has 1 aromatic heterocycles. The molecule has 4 amide bonds. The number of hydrogen-bond donors (Lipinski definition) is 5.